The Morgan fingerprint density at radius 1 is 1.20 bits per heavy atom. The van der Waals surface area contributed by atoms with Crippen molar-refractivity contribution < 1.29 is 13.2 Å². The average molecular weight is 354 g/mol. The molecule has 1 aliphatic rings. The summed E-state index contributed by atoms with van der Waals surface area (Å²) in [7, 11) is 0. The summed E-state index contributed by atoms with van der Waals surface area (Å²) >= 11 is 0. The number of aromatic nitrogens is 4. The maximum absolute atomic E-state index is 12.7. The number of anilines is 1. The van der Waals surface area contributed by atoms with Gasteiger partial charge in [-0.15, -0.1) is 0 Å². The van der Waals surface area contributed by atoms with Gasteiger partial charge in [-0.25, -0.2) is 9.97 Å². The van der Waals surface area contributed by atoms with Crippen LogP contribution in [-0.2, 0) is 25.6 Å². The van der Waals surface area contributed by atoms with Crippen molar-refractivity contribution in [2.75, 3.05) is 25.0 Å². The molecule has 1 aliphatic heterocycles. The lowest BCUT2D eigenvalue weighted by atomic mass is 10.1. The molecule has 0 fully saturated rings. The van der Waals surface area contributed by atoms with E-state index in [4.69, 9.17) is 0 Å². The van der Waals surface area contributed by atoms with E-state index in [1.54, 1.807) is 6.92 Å². The van der Waals surface area contributed by atoms with Crippen LogP contribution >= 0.6 is 0 Å². The second-order valence-electron chi connectivity index (χ2n) is 6.11. The van der Waals surface area contributed by atoms with Gasteiger partial charge < -0.3 is 10.6 Å². The first-order chi connectivity index (χ1) is 11.8. The fourth-order valence-electron chi connectivity index (χ4n) is 2.97. The van der Waals surface area contributed by atoms with Gasteiger partial charge in [-0.05, 0) is 32.9 Å². The molecule has 9 heteroatoms. The SMILES string of the molecule is Cc1nc2c(c(NCCn3nc(C(F)(F)F)cc3C)n1)CCNCC2. The van der Waals surface area contributed by atoms with Crippen LogP contribution in [0.25, 0.3) is 0 Å². The molecule has 0 atom stereocenters. The van der Waals surface area contributed by atoms with Gasteiger partial charge in [0.2, 0.25) is 0 Å². The molecule has 2 aromatic heterocycles. The lowest BCUT2D eigenvalue weighted by Crippen LogP contribution is -2.17. The van der Waals surface area contributed by atoms with Gasteiger partial charge >= 0.3 is 6.18 Å². The average Bonchev–Trinajstić information content (AvgIpc) is 2.76. The first-order valence-electron chi connectivity index (χ1n) is 8.27. The molecular formula is C16H21F3N6. The lowest BCUT2D eigenvalue weighted by Gasteiger charge is -2.14. The molecule has 0 radical (unpaired) electrons. The van der Waals surface area contributed by atoms with E-state index in [0.717, 1.165) is 49.1 Å². The Balaban J connectivity index is 1.71. The minimum absolute atomic E-state index is 0.331. The summed E-state index contributed by atoms with van der Waals surface area (Å²) in [6.45, 7) is 5.98. The molecule has 6 nitrogen and oxygen atoms in total. The summed E-state index contributed by atoms with van der Waals surface area (Å²) in [5, 5.41) is 10.2. The molecule has 0 saturated carbocycles. The Bertz CT molecular complexity index is 753. The van der Waals surface area contributed by atoms with E-state index in [2.05, 4.69) is 25.7 Å². The van der Waals surface area contributed by atoms with E-state index in [9.17, 15) is 13.2 Å². The fourth-order valence-corrected chi connectivity index (χ4v) is 2.97. The summed E-state index contributed by atoms with van der Waals surface area (Å²) in [5.74, 6) is 1.46. The second kappa shape index (κ2) is 6.99. The van der Waals surface area contributed by atoms with Crippen LogP contribution in [0.15, 0.2) is 6.07 Å². The van der Waals surface area contributed by atoms with Crippen LogP contribution in [-0.4, -0.2) is 39.4 Å². The molecule has 0 spiro atoms. The van der Waals surface area contributed by atoms with Gasteiger partial charge in [-0.1, -0.05) is 0 Å². The van der Waals surface area contributed by atoms with Gasteiger partial charge in [0.25, 0.3) is 0 Å². The number of alkyl halides is 3. The quantitative estimate of drug-likeness (QED) is 0.880. The van der Waals surface area contributed by atoms with Crippen LogP contribution < -0.4 is 10.6 Å². The Kier molecular flexibility index (Phi) is 4.94. The number of fused-ring (bicyclic) bond motifs is 1. The van der Waals surface area contributed by atoms with Crippen molar-refractivity contribution in [3.05, 3.63) is 34.5 Å². The zero-order valence-corrected chi connectivity index (χ0v) is 14.2. The Labute approximate surface area is 143 Å². The third kappa shape index (κ3) is 4.09. The number of aryl methyl sites for hydroxylation is 2. The molecule has 2 aromatic rings. The minimum atomic E-state index is -4.42. The van der Waals surface area contributed by atoms with E-state index in [1.807, 2.05) is 6.92 Å². The topological polar surface area (TPSA) is 67.7 Å². The summed E-state index contributed by atoms with van der Waals surface area (Å²) in [4.78, 5) is 8.98. The predicted octanol–water partition coefficient (Wildman–Crippen LogP) is 2.11. The number of halogens is 3. The van der Waals surface area contributed by atoms with Crippen LogP contribution in [0.3, 0.4) is 0 Å². The van der Waals surface area contributed by atoms with Crippen LogP contribution in [0.2, 0.25) is 0 Å². The van der Waals surface area contributed by atoms with Gasteiger partial charge in [0, 0.05) is 30.8 Å². The normalized spacial score (nSPS) is 14.9. The summed E-state index contributed by atoms with van der Waals surface area (Å²) in [5.41, 5.74) is 1.75. The molecule has 2 N–H and O–H groups in total. The maximum Gasteiger partial charge on any atom is 0.435 e. The Morgan fingerprint density at radius 2 is 1.96 bits per heavy atom. The smallest absolute Gasteiger partial charge is 0.368 e. The lowest BCUT2D eigenvalue weighted by molar-refractivity contribution is -0.141. The van der Waals surface area contributed by atoms with Crippen molar-refractivity contribution in [3.8, 4) is 0 Å². The maximum atomic E-state index is 12.7. The zero-order valence-electron chi connectivity index (χ0n) is 14.2. The monoisotopic (exact) mass is 354 g/mol. The van der Waals surface area contributed by atoms with E-state index in [0.29, 0.717) is 24.6 Å². The molecule has 3 rings (SSSR count). The summed E-state index contributed by atoms with van der Waals surface area (Å²) < 4.78 is 39.5. The number of hydrogen-bond donors (Lipinski definition) is 2. The molecule has 3 heterocycles. The molecule has 136 valence electrons. The number of rotatable bonds is 4. The fraction of sp³-hybridized carbons (Fsp3) is 0.562. The van der Waals surface area contributed by atoms with Gasteiger partial charge in [0.15, 0.2) is 5.69 Å². The molecule has 0 amide bonds. The largest absolute Gasteiger partial charge is 0.435 e. The highest BCUT2D eigenvalue weighted by atomic mass is 19.4. The molecule has 0 aromatic carbocycles. The van der Waals surface area contributed by atoms with Crippen molar-refractivity contribution in [3.63, 3.8) is 0 Å². The van der Waals surface area contributed by atoms with Crippen LogP contribution in [0.4, 0.5) is 19.0 Å². The third-order valence-electron chi connectivity index (χ3n) is 4.18. The van der Waals surface area contributed by atoms with Gasteiger partial charge in [-0.2, -0.15) is 18.3 Å². The second-order valence-corrected chi connectivity index (χ2v) is 6.11. The van der Waals surface area contributed by atoms with Crippen molar-refractivity contribution in [2.24, 2.45) is 0 Å². The predicted molar refractivity (Wildman–Crippen MR) is 87.5 cm³/mol. The molecule has 0 aliphatic carbocycles. The van der Waals surface area contributed by atoms with E-state index < -0.39 is 11.9 Å². The van der Waals surface area contributed by atoms with Crippen LogP contribution in [0.1, 0.15) is 28.5 Å². The molecule has 0 bridgehead atoms. The third-order valence-corrected chi connectivity index (χ3v) is 4.18. The molecule has 0 unspecified atom stereocenters. The zero-order chi connectivity index (χ0) is 18.0. The summed E-state index contributed by atoms with van der Waals surface area (Å²) in [6, 6.07) is 1.06. The van der Waals surface area contributed by atoms with Crippen molar-refractivity contribution in [2.45, 2.75) is 39.4 Å². The summed E-state index contributed by atoms with van der Waals surface area (Å²) in [6.07, 6.45) is -2.74. The number of nitrogens with one attached hydrogen (secondary N) is 2. The highest BCUT2D eigenvalue weighted by molar-refractivity contribution is 5.47. The number of nitrogens with zero attached hydrogens (tertiary/aromatic N) is 4. The number of hydrogen-bond acceptors (Lipinski definition) is 5. The van der Waals surface area contributed by atoms with Crippen molar-refractivity contribution in [1.29, 1.82) is 0 Å². The highest BCUT2D eigenvalue weighted by Gasteiger charge is 2.34. The standard InChI is InChI=1S/C16H21F3N6/c1-10-9-14(16(17,18)19)24-25(10)8-7-21-15-12-3-5-20-6-4-13(12)22-11(2)23-15/h9,20H,3-8H2,1-2H3,(H,21,22,23). The molecular weight excluding hydrogens is 333 g/mol. The highest BCUT2D eigenvalue weighted by Crippen LogP contribution is 2.28. The molecule has 25 heavy (non-hydrogen) atoms. The van der Waals surface area contributed by atoms with E-state index in [1.165, 1.54) is 4.68 Å². The molecule has 0 saturated heterocycles. The van der Waals surface area contributed by atoms with Gasteiger partial charge in [0.1, 0.15) is 11.6 Å². The van der Waals surface area contributed by atoms with E-state index in [-0.39, 0.29) is 0 Å². The van der Waals surface area contributed by atoms with E-state index >= 15 is 0 Å². The van der Waals surface area contributed by atoms with Crippen molar-refractivity contribution >= 4 is 5.82 Å². The van der Waals surface area contributed by atoms with Crippen molar-refractivity contribution in [1.82, 2.24) is 25.1 Å². The van der Waals surface area contributed by atoms with Crippen LogP contribution in [0, 0.1) is 13.8 Å². The van der Waals surface area contributed by atoms with Gasteiger partial charge in [-0.3, -0.25) is 4.68 Å². The van der Waals surface area contributed by atoms with Crippen LogP contribution in [0.5, 0.6) is 0 Å². The first kappa shape index (κ1) is 17.7. The Morgan fingerprint density at radius 3 is 2.68 bits per heavy atom. The Hall–Kier alpha value is -2.16. The first-order valence-corrected chi connectivity index (χ1v) is 8.27. The minimum Gasteiger partial charge on any atom is -0.368 e. The van der Waals surface area contributed by atoms with Gasteiger partial charge in [0.05, 0.1) is 12.2 Å².